The standard InChI is InChI=1S/C4H8O2.C3H5N3O/c1-3-6-4(2)5;7-2-3-1-4-6-5-3/h3H2,1-2H3;1,7H,2H2,(H,4,5,6). The van der Waals surface area contributed by atoms with Crippen LogP contribution in [0.3, 0.4) is 0 Å². The van der Waals surface area contributed by atoms with Gasteiger partial charge in [0.2, 0.25) is 0 Å². The van der Waals surface area contributed by atoms with E-state index in [2.05, 4.69) is 20.1 Å². The number of nitrogens with zero attached hydrogens (tertiary/aromatic N) is 2. The van der Waals surface area contributed by atoms with Crippen molar-refractivity contribution in [3.8, 4) is 0 Å². The molecule has 0 atom stereocenters. The predicted octanol–water partition coefficient (Wildman–Crippen LogP) is -0.134. The van der Waals surface area contributed by atoms with Gasteiger partial charge < -0.3 is 9.84 Å². The number of carbonyl (C=O) groups is 1. The monoisotopic (exact) mass is 187 g/mol. The lowest BCUT2D eigenvalue weighted by molar-refractivity contribution is -0.140. The summed E-state index contributed by atoms with van der Waals surface area (Å²) in [5.74, 6) is -0.211. The summed E-state index contributed by atoms with van der Waals surface area (Å²) >= 11 is 0. The Morgan fingerprint density at radius 2 is 2.46 bits per heavy atom. The molecule has 6 nitrogen and oxygen atoms in total. The maximum atomic E-state index is 9.82. The molecular weight excluding hydrogens is 174 g/mol. The SMILES string of the molecule is CCOC(C)=O.OCc1c[nH]nn1. The van der Waals surface area contributed by atoms with Crippen molar-refractivity contribution in [2.75, 3.05) is 6.61 Å². The van der Waals surface area contributed by atoms with E-state index in [9.17, 15) is 4.79 Å². The van der Waals surface area contributed by atoms with Gasteiger partial charge in [0.15, 0.2) is 0 Å². The molecule has 0 radical (unpaired) electrons. The Morgan fingerprint density at radius 1 is 1.77 bits per heavy atom. The molecule has 0 aliphatic heterocycles. The van der Waals surface area contributed by atoms with Crippen LogP contribution >= 0.6 is 0 Å². The molecular formula is C7H13N3O3. The van der Waals surface area contributed by atoms with Crippen molar-refractivity contribution < 1.29 is 14.6 Å². The summed E-state index contributed by atoms with van der Waals surface area (Å²) in [4.78, 5) is 9.82. The van der Waals surface area contributed by atoms with Crippen LogP contribution in [-0.4, -0.2) is 33.1 Å². The van der Waals surface area contributed by atoms with E-state index in [1.165, 1.54) is 6.92 Å². The average Bonchev–Trinajstić information content (AvgIpc) is 2.56. The number of rotatable bonds is 2. The number of aliphatic hydroxyl groups excluding tert-OH is 1. The van der Waals surface area contributed by atoms with Crippen molar-refractivity contribution in [2.45, 2.75) is 20.5 Å². The molecule has 13 heavy (non-hydrogen) atoms. The molecule has 0 bridgehead atoms. The van der Waals surface area contributed by atoms with Gasteiger partial charge in [0, 0.05) is 13.1 Å². The van der Waals surface area contributed by atoms with Gasteiger partial charge in [0.25, 0.3) is 0 Å². The summed E-state index contributed by atoms with van der Waals surface area (Å²) in [6, 6.07) is 0. The number of aromatic nitrogens is 3. The molecule has 0 saturated heterocycles. The Balaban J connectivity index is 0.000000226. The fraction of sp³-hybridized carbons (Fsp3) is 0.571. The number of ether oxygens (including phenoxy) is 1. The lowest BCUT2D eigenvalue weighted by Crippen LogP contribution is -1.95. The first-order valence-corrected chi connectivity index (χ1v) is 3.80. The Labute approximate surface area is 75.9 Å². The van der Waals surface area contributed by atoms with Crippen LogP contribution in [0.2, 0.25) is 0 Å². The molecule has 0 fully saturated rings. The highest BCUT2D eigenvalue weighted by molar-refractivity contribution is 5.65. The zero-order valence-electron chi connectivity index (χ0n) is 7.65. The molecule has 0 amide bonds. The maximum Gasteiger partial charge on any atom is 0.302 e. The van der Waals surface area contributed by atoms with Gasteiger partial charge in [-0.15, -0.1) is 5.10 Å². The maximum absolute atomic E-state index is 9.82. The molecule has 0 aliphatic rings. The van der Waals surface area contributed by atoms with E-state index in [1.807, 2.05) is 0 Å². The van der Waals surface area contributed by atoms with Crippen molar-refractivity contribution in [1.29, 1.82) is 0 Å². The number of carbonyl (C=O) groups excluding carboxylic acids is 1. The van der Waals surface area contributed by atoms with E-state index in [-0.39, 0.29) is 12.6 Å². The van der Waals surface area contributed by atoms with E-state index in [4.69, 9.17) is 5.11 Å². The van der Waals surface area contributed by atoms with E-state index in [0.717, 1.165) is 0 Å². The fourth-order valence-electron chi connectivity index (χ4n) is 0.506. The van der Waals surface area contributed by atoms with Crippen LogP contribution < -0.4 is 0 Å². The number of nitrogens with one attached hydrogen (secondary N) is 1. The predicted molar refractivity (Wildman–Crippen MR) is 44.6 cm³/mol. The van der Waals surface area contributed by atoms with Gasteiger partial charge in [0.1, 0.15) is 5.69 Å². The number of esters is 1. The molecule has 0 spiro atoms. The molecule has 0 unspecified atom stereocenters. The van der Waals surface area contributed by atoms with Crippen molar-refractivity contribution >= 4 is 5.97 Å². The first kappa shape index (κ1) is 11.6. The summed E-state index contributed by atoms with van der Waals surface area (Å²) in [6.45, 7) is 3.61. The summed E-state index contributed by atoms with van der Waals surface area (Å²) in [6.07, 6.45) is 1.54. The zero-order valence-corrected chi connectivity index (χ0v) is 7.65. The molecule has 0 aromatic carbocycles. The molecule has 74 valence electrons. The van der Waals surface area contributed by atoms with Crippen molar-refractivity contribution in [3.63, 3.8) is 0 Å². The van der Waals surface area contributed by atoms with Crippen LogP contribution in [0, 0.1) is 0 Å². The average molecular weight is 187 g/mol. The van der Waals surface area contributed by atoms with Gasteiger partial charge in [-0.2, -0.15) is 0 Å². The molecule has 1 aromatic rings. The van der Waals surface area contributed by atoms with E-state index in [0.29, 0.717) is 12.3 Å². The minimum atomic E-state index is -0.211. The molecule has 1 heterocycles. The molecule has 1 aromatic heterocycles. The fourth-order valence-corrected chi connectivity index (χ4v) is 0.506. The lowest BCUT2D eigenvalue weighted by Gasteiger charge is -1.89. The number of hydrogen-bond acceptors (Lipinski definition) is 5. The number of aromatic amines is 1. The van der Waals surface area contributed by atoms with Gasteiger partial charge in [-0.05, 0) is 6.92 Å². The highest BCUT2D eigenvalue weighted by Crippen LogP contribution is 1.83. The molecule has 6 heteroatoms. The highest BCUT2D eigenvalue weighted by atomic mass is 16.5. The number of H-pyrrole nitrogens is 1. The lowest BCUT2D eigenvalue weighted by atomic mass is 10.5. The largest absolute Gasteiger partial charge is 0.466 e. The normalized spacial score (nSPS) is 8.54. The van der Waals surface area contributed by atoms with E-state index in [1.54, 1.807) is 13.1 Å². The molecule has 2 N–H and O–H groups in total. The van der Waals surface area contributed by atoms with Gasteiger partial charge in [-0.25, -0.2) is 0 Å². The van der Waals surface area contributed by atoms with E-state index >= 15 is 0 Å². The van der Waals surface area contributed by atoms with Crippen molar-refractivity contribution in [1.82, 2.24) is 15.4 Å². The Kier molecular flexibility index (Phi) is 6.44. The molecule has 0 aliphatic carbocycles. The summed E-state index contributed by atoms with van der Waals surface area (Å²) < 4.78 is 4.40. The first-order valence-electron chi connectivity index (χ1n) is 3.80. The Morgan fingerprint density at radius 3 is 2.62 bits per heavy atom. The number of hydrogen-bond donors (Lipinski definition) is 2. The third-order valence-corrected chi connectivity index (χ3v) is 0.977. The smallest absolute Gasteiger partial charge is 0.302 e. The van der Waals surface area contributed by atoms with E-state index < -0.39 is 0 Å². The summed E-state index contributed by atoms with van der Waals surface area (Å²) in [5, 5.41) is 17.6. The topological polar surface area (TPSA) is 88.1 Å². The minimum absolute atomic E-state index is 0.0451. The molecule has 0 saturated carbocycles. The number of aliphatic hydroxyl groups is 1. The zero-order chi connectivity index (χ0) is 10.1. The summed E-state index contributed by atoms with van der Waals surface area (Å²) in [5.41, 5.74) is 0.569. The van der Waals surface area contributed by atoms with Gasteiger partial charge in [0.05, 0.1) is 13.2 Å². The summed E-state index contributed by atoms with van der Waals surface area (Å²) in [7, 11) is 0. The second-order valence-corrected chi connectivity index (χ2v) is 2.05. The Hall–Kier alpha value is -1.43. The van der Waals surface area contributed by atoms with Crippen molar-refractivity contribution in [3.05, 3.63) is 11.9 Å². The highest BCUT2D eigenvalue weighted by Gasteiger charge is 1.86. The van der Waals surface area contributed by atoms with Crippen LogP contribution in [0.1, 0.15) is 19.5 Å². The van der Waals surface area contributed by atoms with Crippen LogP contribution in [0.4, 0.5) is 0 Å². The van der Waals surface area contributed by atoms with Crippen LogP contribution in [0.5, 0.6) is 0 Å². The van der Waals surface area contributed by atoms with Crippen LogP contribution in [0.25, 0.3) is 0 Å². The van der Waals surface area contributed by atoms with Crippen LogP contribution in [0.15, 0.2) is 6.20 Å². The van der Waals surface area contributed by atoms with Crippen LogP contribution in [-0.2, 0) is 16.1 Å². The quantitative estimate of drug-likeness (QED) is 0.629. The second-order valence-electron chi connectivity index (χ2n) is 2.05. The Bertz CT molecular complexity index is 223. The first-order chi connectivity index (χ1) is 6.20. The van der Waals surface area contributed by atoms with Gasteiger partial charge in [-0.3, -0.25) is 9.89 Å². The van der Waals surface area contributed by atoms with Gasteiger partial charge in [-0.1, -0.05) is 5.21 Å². The third kappa shape index (κ3) is 6.95. The third-order valence-electron chi connectivity index (χ3n) is 0.977. The molecule has 1 rings (SSSR count). The van der Waals surface area contributed by atoms with Gasteiger partial charge >= 0.3 is 5.97 Å². The van der Waals surface area contributed by atoms with Crippen molar-refractivity contribution in [2.24, 2.45) is 0 Å². The second kappa shape index (κ2) is 7.23. The minimum Gasteiger partial charge on any atom is -0.466 e.